The van der Waals surface area contributed by atoms with Gasteiger partial charge in [-0.1, -0.05) is 46.8 Å². The van der Waals surface area contributed by atoms with E-state index in [1.165, 1.54) is 0 Å². The number of hydrogen-bond acceptors (Lipinski definition) is 1. The second-order valence-corrected chi connectivity index (χ2v) is 1.38. The van der Waals surface area contributed by atoms with Gasteiger partial charge >= 0.3 is 0 Å². The maximum atomic E-state index is 3.16. The van der Waals surface area contributed by atoms with E-state index in [2.05, 4.69) is 18.3 Å². The molecule has 0 fully saturated rings. The fourth-order valence-corrected chi connectivity index (χ4v) is 0.346. The molecule has 0 atom stereocenters. The normalized spacial score (nSPS) is 7.82. The number of rotatable bonds is 3. The summed E-state index contributed by atoms with van der Waals surface area (Å²) in [6.07, 6.45) is 4.14. The van der Waals surface area contributed by atoms with Gasteiger partial charge in [-0.05, 0) is 13.5 Å². The van der Waals surface area contributed by atoms with Crippen molar-refractivity contribution in [3.05, 3.63) is 12.2 Å². The number of nitrogens with one attached hydrogen (secondary N) is 1. The Bertz CT molecular complexity index is 48.8. The summed E-state index contributed by atoms with van der Waals surface area (Å²) in [5.41, 5.74) is 0. The summed E-state index contributed by atoms with van der Waals surface area (Å²) in [7, 11) is 0. The molecular formula is C10H25N. The van der Waals surface area contributed by atoms with Gasteiger partial charge in [0.05, 0.1) is 0 Å². The van der Waals surface area contributed by atoms with Crippen LogP contribution in [0, 0.1) is 0 Å². The van der Waals surface area contributed by atoms with E-state index < -0.39 is 0 Å². The van der Waals surface area contributed by atoms with Gasteiger partial charge in [0.2, 0.25) is 0 Å². The summed E-state index contributed by atoms with van der Waals surface area (Å²) in [5, 5.41) is 3.16. The van der Waals surface area contributed by atoms with Crippen molar-refractivity contribution in [3.63, 3.8) is 0 Å². The minimum absolute atomic E-state index is 1.01. The molecule has 0 unspecified atom stereocenters. The molecule has 0 aliphatic carbocycles. The van der Waals surface area contributed by atoms with Gasteiger partial charge in [-0.15, -0.1) is 0 Å². The minimum Gasteiger partial charge on any atom is -0.314 e. The van der Waals surface area contributed by atoms with Gasteiger partial charge in [-0.2, -0.15) is 0 Å². The van der Waals surface area contributed by atoms with Crippen LogP contribution in [0.25, 0.3) is 0 Å². The standard InChI is InChI=1S/C6H13N.2C2H6/c1-3-5-6-7-4-2;2*1-2/h3,5,7H,4,6H2,1-2H3;2*1-2H3/b5-3-;;. The molecule has 0 saturated carbocycles. The van der Waals surface area contributed by atoms with Crippen LogP contribution in [0.5, 0.6) is 0 Å². The predicted molar refractivity (Wildman–Crippen MR) is 56.1 cm³/mol. The molecule has 0 heterocycles. The summed E-state index contributed by atoms with van der Waals surface area (Å²) in [6, 6.07) is 0. The van der Waals surface area contributed by atoms with Gasteiger partial charge in [0, 0.05) is 6.54 Å². The summed E-state index contributed by atoms with van der Waals surface area (Å²) in [4.78, 5) is 0. The third-order valence-corrected chi connectivity index (χ3v) is 0.748. The SMILES string of the molecule is C/C=C\CNCC.CC.CC. The summed E-state index contributed by atoms with van der Waals surface area (Å²) < 4.78 is 0. The molecule has 0 saturated heterocycles. The first-order valence-corrected chi connectivity index (χ1v) is 4.73. The Morgan fingerprint density at radius 1 is 1.09 bits per heavy atom. The molecule has 0 radical (unpaired) electrons. The van der Waals surface area contributed by atoms with E-state index in [0.29, 0.717) is 0 Å². The Hall–Kier alpha value is -0.300. The average molecular weight is 159 g/mol. The monoisotopic (exact) mass is 159 g/mol. The quantitative estimate of drug-likeness (QED) is 0.492. The lowest BCUT2D eigenvalue weighted by molar-refractivity contribution is 0.799. The van der Waals surface area contributed by atoms with E-state index in [4.69, 9.17) is 0 Å². The molecule has 0 spiro atoms. The predicted octanol–water partition coefficient (Wildman–Crippen LogP) is 3.22. The van der Waals surface area contributed by atoms with Crippen molar-refractivity contribution in [2.24, 2.45) is 0 Å². The van der Waals surface area contributed by atoms with Crippen LogP contribution in [0.4, 0.5) is 0 Å². The first kappa shape index (κ1) is 17.0. The molecule has 0 aromatic heterocycles. The van der Waals surface area contributed by atoms with Crippen molar-refractivity contribution in [1.82, 2.24) is 5.32 Å². The van der Waals surface area contributed by atoms with Crippen LogP contribution in [-0.4, -0.2) is 13.1 Å². The molecule has 0 aromatic carbocycles. The summed E-state index contributed by atoms with van der Waals surface area (Å²) in [5.74, 6) is 0. The van der Waals surface area contributed by atoms with Crippen LogP contribution < -0.4 is 5.32 Å². The minimum atomic E-state index is 1.01. The van der Waals surface area contributed by atoms with Crippen molar-refractivity contribution >= 4 is 0 Å². The Balaban J connectivity index is -0.000000138. The van der Waals surface area contributed by atoms with Crippen LogP contribution in [-0.2, 0) is 0 Å². The lowest BCUT2D eigenvalue weighted by Gasteiger charge is -1.89. The maximum Gasteiger partial charge on any atom is 0.0134 e. The van der Waals surface area contributed by atoms with Crippen LogP contribution in [0.15, 0.2) is 12.2 Å². The zero-order valence-corrected chi connectivity index (χ0v) is 9.07. The van der Waals surface area contributed by atoms with Gasteiger partial charge in [-0.3, -0.25) is 0 Å². The highest BCUT2D eigenvalue weighted by atomic mass is 14.8. The van der Waals surface area contributed by atoms with E-state index in [0.717, 1.165) is 13.1 Å². The van der Waals surface area contributed by atoms with Gasteiger partial charge in [0.25, 0.3) is 0 Å². The molecule has 0 aliphatic rings. The molecule has 1 nitrogen and oxygen atoms in total. The Kier molecular flexibility index (Phi) is 51.3. The van der Waals surface area contributed by atoms with E-state index in [9.17, 15) is 0 Å². The van der Waals surface area contributed by atoms with Gasteiger partial charge in [0.1, 0.15) is 0 Å². The summed E-state index contributed by atoms with van der Waals surface area (Å²) in [6.45, 7) is 14.2. The molecule has 1 heteroatoms. The number of likely N-dealkylation sites (N-methyl/N-ethyl adjacent to an activating group) is 1. The molecule has 0 amide bonds. The lowest BCUT2D eigenvalue weighted by atomic mass is 10.5. The fraction of sp³-hybridized carbons (Fsp3) is 0.800. The Morgan fingerprint density at radius 2 is 1.55 bits per heavy atom. The smallest absolute Gasteiger partial charge is 0.0134 e. The molecular weight excluding hydrogens is 134 g/mol. The highest BCUT2D eigenvalue weighted by Gasteiger charge is 1.68. The molecule has 0 bridgehead atoms. The molecule has 0 aliphatic heterocycles. The van der Waals surface area contributed by atoms with Crippen molar-refractivity contribution in [2.75, 3.05) is 13.1 Å². The zero-order chi connectivity index (χ0) is 9.54. The van der Waals surface area contributed by atoms with Crippen molar-refractivity contribution in [2.45, 2.75) is 41.5 Å². The molecule has 1 N–H and O–H groups in total. The lowest BCUT2D eigenvalue weighted by Crippen LogP contribution is -2.11. The van der Waals surface area contributed by atoms with Crippen LogP contribution in [0.1, 0.15) is 41.5 Å². The molecule has 70 valence electrons. The summed E-state index contributed by atoms with van der Waals surface area (Å²) >= 11 is 0. The van der Waals surface area contributed by atoms with Crippen LogP contribution >= 0.6 is 0 Å². The van der Waals surface area contributed by atoms with Crippen molar-refractivity contribution in [1.29, 1.82) is 0 Å². The van der Waals surface area contributed by atoms with Gasteiger partial charge < -0.3 is 5.32 Å². The first-order chi connectivity index (χ1) is 5.41. The van der Waals surface area contributed by atoms with E-state index >= 15 is 0 Å². The van der Waals surface area contributed by atoms with Crippen LogP contribution in [0.2, 0.25) is 0 Å². The molecule has 0 aromatic rings. The van der Waals surface area contributed by atoms with E-state index in [1.807, 2.05) is 40.7 Å². The van der Waals surface area contributed by atoms with Crippen LogP contribution in [0.3, 0.4) is 0 Å². The third-order valence-electron chi connectivity index (χ3n) is 0.748. The Morgan fingerprint density at radius 3 is 1.82 bits per heavy atom. The maximum absolute atomic E-state index is 3.16. The average Bonchev–Trinajstić information content (AvgIpc) is 2.13. The fourth-order valence-electron chi connectivity index (χ4n) is 0.346. The van der Waals surface area contributed by atoms with Gasteiger partial charge in [-0.25, -0.2) is 0 Å². The first-order valence-electron chi connectivity index (χ1n) is 4.73. The number of hydrogen-bond donors (Lipinski definition) is 1. The van der Waals surface area contributed by atoms with Gasteiger partial charge in [0.15, 0.2) is 0 Å². The largest absolute Gasteiger partial charge is 0.314 e. The second-order valence-electron chi connectivity index (χ2n) is 1.38. The van der Waals surface area contributed by atoms with Crippen molar-refractivity contribution in [3.8, 4) is 0 Å². The third kappa shape index (κ3) is 42.0. The zero-order valence-electron chi connectivity index (χ0n) is 9.07. The van der Waals surface area contributed by atoms with E-state index in [1.54, 1.807) is 0 Å². The number of allylic oxidation sites excluding steroid dienone is 1. The van der Waals surface area contributed by atoms with Crippen molar-refractivity contribution < 1.29 is 0 Å². The van der Waals surface area contributed by atoms with E-state index in [-0.39, 0.29) is 0 Å². The molecule has 11 heavy (non-hydrogen) atoms. The topological polar surface area (TPSA) is 12.0 Å². The second kappa shape index (κ2) is 33.2. The Labute approximate surface area is 72.9 Å². The highest BCUT2D eigenvalue weighted by Crippen LogP contribution is 1.64. The molecule has 0 rings (SSSR count). The highest BCUT2D eigenvalue weighted by molar-refractivity contribution is 4.78.